The Bertz CT molecular complexity index is 323. The summed E-state index contributed by atoms with van der Waals surface area (Å²) in [5, 5.41) is 18.8. The SMILES string of the molecule is CCCCCCCCCCCCC(CCCC)(C(=O)O)C(=O)O.[KH].[NaH]. The zero-order chi connectivity index (χ0) is 17.6. The van der Waals surface area contributed by atoms with Crippen LogP contribution in [0.1, 0.15) is 104 Å². The van der Waals surface area contributed by atoms with Crippen LogP contribution in [0.4, 0.5) is 0 Å². The van der Waals surface area contributed by atoms with Crippen LogP contribution in [0, 0.1) is 5.41 Å². The second-order valence-corrected chi connectivity index (χ2v) is 6.73. The molecule has 0 spiro atoms. The Labute approximate surface area is 219 Å². The van der Waals surface area contributed by atoms with E-state index in [1.165, 1.54) is 44.9 Å². The van der Waals surface area contributed by atoms with Gasteiger partial charge in [0.1, 0.15) is 0 Å². The van der Waals surface area contributed by atoms with Gasteiger partial charge in [-0.25, -0.2) is 0 Å². The molecule has 2 N–H and O–H groups in total. The average molecular weight is 393 g/mol. The monoisotopic (exact) mass is 392 g/mol. The van der Waals surface area contributed by atoms with Crippen molar-refractivity contribution in [1.29, 1.82) is 0 Å². The van der Waals surface area contributed by atoms with Gasteiger partial charge in [0, 0.05) is 0 Å². The predicted molar refractivity (Wildman–Crippen MR) is 108 cm³/mol. The molecule has 0 bridgehead atoms. The molecule has 0 aliphatic heterocycles. The van der Waals surface area contributed by atoms with Crippen LogP contribution in [0.3, 0.4) is 0 Å². The molecule has 0 aromatic heterocycles. The summed E-state index contributed by atoms with van der Waals surface area (Å²) in [5.41, 5.74) is -1.57. The number of hydrogen-bond acceptors (Lipinski definition) is 2. The van der Waals surface area contributed by atoms with E-state index in [9.17, 15) is 19.8 Å². The standard InChI is InChI=1S/C19H36O4.K.Na.2H/c1-3-5-7-8-9-10-11-12-13-14-16-19(17(20)21,18(22)23)15-6-4-2;;;;/h3-16H2,1-2H3,(H,20,21)(H,22,23);;;;. The van der Waals surface area contributed by atoms with Gasteiger partial charge in [0.2, 0.25) is 0 Å². The first-order chi connectivity index (χ1) is 11.0. The van der Waals surface area contributed by atoms with E-state index < -0.39 is 17.4 Å². The zero-order valence-electron chi connectivity index (χ0n) is 15.1. The molecule has 0 heterocycles. The summed E-state index contributed by atoms with van der Waals surface area (Å²) in [6, 6.07) is 0. The Hall–Kier alpha value is 1.58. The van der Waals surface area contributed by atoms with Gasteiger partial charge >= 0.3 is 92.9 Å². The summed E-state index contributed by atoms with van der Waals surface area (Å²) in [4.78, 5) is 23.0. The Morgan fingerprint density at radius 2 is 0.960 bits per heavy atom. The molecule has 0 aromatic carbocycles. The van der Waals surface area contributed by atoms with E-state index in [-0.39, 0.29) is 93.8 Å². The van der Waals surface area contributed by atoms with E-state index in [0.29, 0.717) is 12.8 Å². The number of carboxylic acid groups (broad SMARTS) is 2. The van der Waals surface area contributed by atoms with Gasteiger partial charge in [0.05, 0.1) is 0 Å². The second-order valence-electron chi connectivity index (χ2n) is 6.73. The molecule has 4 nitrogen and oxygen atoms in total. The van der Waals surface area contributed by atoms with E-state index in [4.69, 9.17) is 0 Å². The molecular formula is C19H38KNaO4. The van der Waals surface area contributed by atoms with Gasteiger partial charge in [-0.3, -0.25) is 9.59 Å². The third kappa shape index (κ3) is 14.3. The normalized spacial score (nSPS) is 10.6. The van der Waals surface area contributed by atoms with E-state index in [1.807, 2.05) is 6.92 Å². The molecule has 0 aromatic rings. The summed E-state index contributed by atoms with van der Waals surface area (Å²) < 4.78 is 0. The summed E-state index contributed by atoms with van der Waals surface area (Å²) >= 11 is 0. The van der Waals surface area contributed by atoms with Gasteiger partial charge < -0.3 is 10.2 Å². The third-order valence-electron chi connectivity index (χ3n) is 4.73. The summed E-state index contributed by atoms with van der Waals surface area (Å²) in [6.45, 7) is 4.17. The van der Waals surface area contributed by atoms with Crippen molar-refractivity contribution in [1.82, 2.24) is 0 Å². The molecule has 0 rings (SSSR count). The molecule has 0 radical (unpaired) electrons. The van der Waals surface area contributed by atoms with Gasteiger partial charge in [0.15, 0.2) is 5.41 Å². The van der Waals surface area contributed by atoms with Crippen LogP contribution in [0.2, 0.25) is 0 Å². The number of carbonyl (C=O) groups is 2. The number of hydrogen-bond donors (Lipinski definition) is 2. The van der Waals surface area contributed by atoms with Gasteiger partial charge in [-0.1, -0.05) is 90.9 Å². The first-order valence-electron chi connectivity index (χ1n) is 9.48. The summed E-state index contributed by atoms with van der Waals surface area (Å²) in [7, 11) is 0. The average Bonchev–Trinajstić information content (AvgIpc) is 2.51. The molecule has 0 amide bonds. The van der Waals surface area contributed by atoms with Gasteiger partial charge in [-0.2, -0.15) is 0 Å². The molecule has 6 heteroatoms. The van der Waals surface area contributed by atoms with Crippen molar-refractivity contribution in [2.24, 2.45) is 5.41 Å². The molecule has 0 fully saturated rings. The number of rotatable bonds is 16. The van der Waals surface area contributed by atoms with Crippen molar-refractivity contribution < 1.29 is 19.8 Å². The topological polar surface area (TPSA) is 74.6 Å². The molecule has 0 saturated carbocycles. The van der Waals surface area contributed by atoms with Crippen LogP contribution in [-0.2, 0) is 9.59 Å². The van der Waals surface area contributed by atoms with Gasteiger partial charge in [0.25, 0.3) is 0 Å². The maximum atomic E-state index is 11.5. The Morgan fingerprint density at radius 1 is 0.640 bits per heavy atom. The van der Waals surface area contributed by atoms with Crippen LogP contribution < -0.4 is 0 Å². The van der Waals surface area contributed by atoms with Crippen molar-refractivity contribution in [3.8, 4) is 0 Å². The molecule has 0 atom stereocenters. The van der Waals surface area contributed by atoms with E-state index in [1.54, 1.807) is 0 Å². The molecule has 140 valence electrons. The number of aliphatic carboxylic acids is 2. The minimum atomic E-state index is -1.57. The molecule has 25 heavy (non-hydrogen) atoms. The van der Waals surface area contributed by atoms with Crippen LogP contribution in [0.5, 0.6) is 0 Å². The minimum absolute atomic E-state index is 0. The fourth-order valence-electron chi connectivity index (χ4n) is 3.04. The molecule has 0 saturated heterocycles. The number of carboxylic acids is 2. The predicted octanol–water partition coefficient (Wildman–Crippen LogP) is 4.35. The van der Waals surface area contributed by atoms with Crippen LogP contribution in [0.15, 0.2) is 0 Å². The fourth-order valence-corrected chi connectivity index (χ4v) is 3.04. The van der Waals surface area contributed by atoms with Gasteiger partial charge in [-0.15, -0.1) is 0 Å². The van der Waals surface area contributed by atoms with Crippen molar-refractivity contribution in [2.75, 3.05) is 0 Å². The van der Waals surface area contributed by atoms with Crippen molar-refractivity contribution >= 4 is 92.9 Å². The molecule has 0 aliphatic rings. The zero-order valence-corrected chi connectivity index (χ0v) is 15.1. The quantitative estimate of drug-likeness (QED) is 0.233. The van der Waals surface area contributed by atoms with Gasteiger partial charge in [-0.05, 0) is 12.8 Å². The number of unbranched alkanes of at least 4 members (excludes halogenated alkanes) is 10. The second kappa shape index (κ2) is 20.3. The summed E-state index contributed by atoms with van der Waals surface area (Å²) in [6.07, 6.45) is 13.6. The Morgan fingerprint density at radius 3 is 1.32 bits per heavy atom. The first kappa shape index (κ1) is 31.3. The van der Waals surface area contributed by atoms with Crippen LogP contribution >= 0.6 is 0 Å². The van der Waals surface area contributed by atoms with Crippen LogP contribution in [0.25, 0.3) is 0 Å². The Kier molecular flexibility index (Phi) is 25.4. The Balaban J connectivity index is -0.00000242. The van der Waals surface area contributed by atoms with Crippen LogP contribution in [-0.4, -0.2) is 103 Å². The first-order valence-corrected chi connectivity index (χ1v) is 9.48. The van der Waals surface area contributed by atoms with E-state index >= 15 is 0 Å². The summed E-state index contributed by atoms with van der Waals surface area (Å²) in [5.74, 6) is -2.34. The van der Waals surface area contributed by atoms with Crippen molar-refractivity contribution in [3.05, 3.63) is 0 Å². The van der Waals surface area contributed by atoms with Crippen molar-refractivity contribution in [3.63, 3.8) is 0 Å². The molecule has 0 aliphatic carbocycles. The maximum absolute atomic E-state index is 11.5. The van der Waals surface area contributed by atoms with E-state index in [0.717, 1.165) is 19.3 Å². The van der Waals surface area contributed by atoms with Crippen molar-refractivity contribution in [2.45, 2.75) is 104 Å². The third-order valence-corrected chi connectivity index (χ3v) is 4.73. The van der Waals surface area contributed by atoms with E-state index in [2.05, 4.69) is 6.92 Å². The molecular weight excluding hydrogens is 354 g/mol. The fraction of sp³-hybridized carbons (Fsp3) is 0.895. The molecule has 0 unspecified atom stereocenters.